The first-order valence-electron chi connectivity index (χ1n) is 37.1. The van der Waals surface area contributed by atoms with E-state index in [0.717, 1.165) is 44.9 Å². The van der Waals surface area contributed by atoms with E-state index >= 15 is 0 Å². The van der Waals surface area contributed by atoms with Crippen molar-refractivity contribution in [1.29, 1.82) is 0 Å². The van der Waals surface area contributed by atoms with Crippen LogP contribution in [0.3, 0.4) is 0 Å². The van der Waals surface area contributed by atoms with Crippen LogP contribution in [-0.2, 0) is 14.3 Å². The van der Waals surface area contributed by atoms with E-state index in [1.54, 1.807) is 6.08 Å². The molecule has 6 nitrogen and oxygen atoms in total. The van der Waals surface area contributed by atoms with E-state index in [1.165, 1.54) is 347 Å². The summed E-state index contributed by atoms with van der Waals surface area (Å²) in [5, 5.41) is 23.2. The summed E-state index contributed by atoms with van der Waals surface area (Å²) < 4.78 is 5.50. The highest BCUT2D eigenvalue weighted by atomic mass is 16.5. The molecule has 2 unspecified atom stereocenters. The van der Waals surface area contributed by atoms with Crippen molar-refractivity contribution in [2.75, 3.05) is 13.2 Å². The molecule has 480 valence electrons. The molecule has 0 bridgehead atoms. The van der Waals surface area contributed by atoms with E-state index in [2.05, 4.69) is 31.3 Å². The van der Waals surface area contributed by atoms with Crippen LogP contribution >= 0.6 is 0 Å². The lowest BCUT2D eigenvalue weighted by Crippen LogP contribution is -2.45. The molecule has 0 heterocycles. The Kier molecular flexibility index (Phi) is 69.4. The number of aliphatic hydroxyl groups excluding tert-OH is 2. The third-order valence-corrected chi connectivity index (χ3v) is 17.5. The van der Waals surface area contributed by atoms with E-state index in [9.17, 15) is 19.8 Å². The monoisotopic (exact) mass is 1140 g/mol. The van der Waals surface area contributed by atoms with Crippen molar-refractivity contribution in [2.24, 2.45) is 0 Å². The highest BCUT2D eigenvalue weighted by molar-refractivity contribution is 5.76. The minimum Gasteiger partial charge on any atom is -0.466 e. The van der Waals surface area contributed by atoms with E-state index in [0.29, 0.717) is 19.4 Å². The standard InChI is InChI=1S/C75H145NO5/c1-3-5-7-9-11-13-15-17-19-20-33-36-40-43-47-51-55-59-63-67-73(78)72(71-77)76-74(79)68-64-60-56-52-48-44-41-37-34-31-29-27-25-23-21-22-24-26-28-30-32-35-38-42-46-50-54-58-62-66-70-81-75(80)69-65-61-57-53-49-45-39-18-16-14-12-10-8-6-4-2/h18,39,63,67,72-73,77-78H,3-17,19-38,40-62,64-66,68-71H2,1-2H3,(H,76,79)/b39-18-,67-63+. The van der Waals surface area contributed by atoms with Gasteiger partial charge in [0.2, 0.25) is 5.91 Å². The predicted octanol–water partition coefficient (Wildman–Crippen LogP) is 24.1. The Balaban J connectivity index is 3.35. The van der Waals surface area contributed by atoms with Gasteiger partial charge in [0.25, 0.3) is 0 Å². The zero-order valence-corrected chi connectivity index (χ0v) is 55.0. The fourth-order valence-electron chi connectivity index (χ4n) is 11.8. The molecule has 0 spiro atoms. The molecule has 81 heavy (non-hydrogen) atoms. The summed E-state index contributed by atoms with van der Waals surface area (Å²) in [5.74, 6) is -0.0475. The lowest BCUT2D eigenvalue weighted by atomic mass is 10.0. The maximum Gasteiger partial charge on any atom is 0.305 e. The first-order chi connectivity index (χ1) is 40.0. The van der Waals surface area contributed by atoms with Crippen LogP contribution in [0.5, 0.6) is 0 Å². The first-order valence-corrected chi connectivity index (χ1v) is 37.1. The number of esters is 1. The number of nitrogens with one attached hydrogen (secondary N) is 1. The average Bonchev–Trinajstić information content (AvgIpc) is 3.47. The molecule has 0 rings (SSSR count). The Labute approximate surface area is 507 Å². The fraction of sp³-hybridized carbons (Fsp3) is 0.920. The molecule has 0 radical (unpaired) electrons. The van der Waals surface area contributed by atoms with Crippen LogP contribution in [0.25, 0.3) is 0 Å². The summed E-state index contributed by atoms with van der Waals surface area (Å²) in [7, 11) is 0. The number of carbonyl (C=O) groups is 2. The third kappa shape index (κ3) is 67.3. The second kappa shape index (κ2) is 70.8. The van der Waals surface area contributed by atoms with Gasteiger partial charge in [0, 0.05) is 12.8 Å². The van der Waals surface area contributed by atoms with Gasteiger partial charge < -0.3 is 20.3 Å². The fourth-order valence-corrected chi connectivity index (χ4v) is 11.8. The van der Waals surface area contributed by atoms with Crippen molar-refractivity contribution in [1.82, 2.24) is 5.32 Å². The summed E-state index contributed by atoms with van der Waals surface area (Å²) in [5.41, 5.74) is 0. The van der Waals surface area contributed by atoms with Gasteiger partial charge in [-0.05, 0) is 57.8 Å². The van der Waals surface area contributed by atoms with Gasteiger partial charge in [0.1, 0.15) is 0 Å². The van der Waals surface area contributed by atoms with Crippen molar-refractivity contribution in [3.63, 3.8) is 0 Å². The molecule has 3 N–H and O–H groups in total. The summed E-state index contributed by atoms with van der Waals surface area (Å²) >= 11 is 0. The van der Waals surface area contributed by atoms with Crippen LogP contribution in [0.1, 0.15) is 418 Å². The molecule has 2 atom stereocenters. The first kappa shape index (κ1) is 79.3. The number of allylic oxidation sites excluding steroid dienone is 3. The lowest BCUT2D eigenvalue weighted by Gasteiger charge is -2.20. The Morgan fingerprint density at radius 1 is 0.333 bits per heavy atom. The Bertz CT molecular complexity index is 1270. The summed E-state index contributed by atoms with van der Waals surface area (Å²) in [6.45, 7) is 4.94. The van der Waals surface area contributed by atoms with Crippen LogP contribution in [0, 0.1) is 0 Å². The smallest absolute Gasteiger partial charge is 0.305 e. The van der Waals surface area contributed by atoms with Gasteiger partial charge in [0.05, 0.1) is 25.4 Å². The van der Waals surface area contributed by atoms with Crippen LogP contribution in [0.15, 0.2) is 24.3 Å². The van der Waals surface area contributed by atoms with E-state index < -0.39 is 12.1 Å². The molecule has 0 aliphatic rings. The number of amides is 1. The number of unbranched alkanes of at least 4 members (excludes halogenated alkanes) is 57. The summed E-state index contributed by atoms with van der Waals surface area (Å²) in [6, 6.07) is -0.625. The quantitative estimate of drug-likeness (QED) is 0.0320. The molecule has 1 amide bonds. The average molecular weight is 1140 g/mol. The van der Waals surface area contributed by atoms with Gasteiger partial charge in [-0.25, -0.2) is 0 Å². The Morgan fingerprint density at radius 2 is 0.580 bits per heavy atom. The molecule has 0 aromatic carbocycles. The van der Waals surface area contributed by atoms with Gasteiger partial charge in [-0.2, -0.15) is 0 Å². The van der Waals surface area contributed by atoms with Crippen molar-refractivity contribution in [3.05, 3.63) is 24.3 Å². The number of carbonyl (C=O) groups excluding carboxylic acids is 2. The minimum atomic E-state index is -0.842. The molecule has 0 saturated carbocycles. The lowest BCUT2D eigenvalue weighted by molar-refractivity contribution is -0.143. The number of rotatable bonds is 70. The second-order valence-electron chi connectivity index (χ2n) is 25.6. The van der Waals surface area contributed by atoms with Gasteiger partial charge in [-0.1, -0.05) is 372 Å². The normalized spacial score (nSPS) is 12.6. The number of hydrogen-bond acceptors (Lipinski definition) is 5. The largest absolute Gasteiger partial charge is 0.466 e. The molecule has 0 aliphatic heterocycles. The van der Waals surface area contributed by atoms with Gasteiger partial charge in [-0.15, -0.1) is 0 Å². The molecule has 6 heteroatoms. The highest BCUT2D eigenvalue weighted by Gasteiger charge is 2.18. The Hall–Kier alpha value is -1.66. The van der Waals surface area contributed by atoms with E-state index in [-0.39, 0.29) is 18.5 Å². The zero-order valence-electron chi connectivity index (χ0n) is 55.0. The number of ether oxygens (including phenoxy) is 1. The van der Waals surface area contributed by atoms with Crippen molar-refractivity contribution in [3.8, 4) is 0 Å². The highest BCUT2D eigenvalue weighted by Crippen LogP contribution is 2.19. The maximum absolute atomic E-state index is 12.5. The van der Waals surface area contributed by atoms with Crippen molar-refractivity contribution >= 4 is 11.9 Å². The van der Waals surface area contributed by atoms with E-state index in [1.807, 2.05) is 6.08 Å². The molecular formula is C75H145NO5. The minimum absolute atomic E-state index is 0.0126. The van der Waals surface area contributed by atoms with Crippen molar-refractivity contribution in [2.45, 2.75) is 431 Å². The molecule has 0 aromatic heterocycles. The van der Waals surface area contributed by atoms with Crippen LogP contribution in [0.2, 0.25) is 0 Å². The maximum atomic E-state index is 12.5. The molecule has 0 fully saturated rings. The molecule has 0 saturated heterocycles. The number of hydrogen-bond donors (Lipinski definition) is 3. The molecule has 0 aromatic rings. The van der Waals surface area contributed by atoms with Crippen LogP contribution in [-0.4, -0.2) is 47.4 Å². The zero-order chi connectivity index (χ0) is 58.5. The summed E-state index contributed by atoms with van der Waals surface area (Å²) in [6.07, 6.45) is 89.9. The van der Waals surface area contributed by atoms with Gasteiger partial charge in [-0.3, -0.25) is 9.59 Å². The van der Waals surface area contributed by atoms with Crippen molar-refractivity contribution < 1.29 is 24.5 Å². The predicted molar refractivity (Wildman–Crippen MR) is 356 cm³/mol. The topological polar surface area (TPSA) is 95.9 Å². The van der Waals surface area contributed by atoms with E-state index in [4.69, 9.17) is 4.74 Å². The molecular weight excluding hydrogens is 995 g/mol. The van der Waals surface area contributed by atoms with Crippen LogP contribution < -0.4 is 5.32 Å². The summed E-state index contributed by atoms with van der Waals surface area (Å²) in [4.78, 5) is 24.6. The van der Waals surface area contributed by atoms with Gasteiger partial charge in [0.15, 0.2) is 0 Å². The SMILES string of the molecule is CCCCCCCC/C=C\CCCCCCCC(=O)OCCCCCCCCCCCCCCCCCCCCCCCCCCCCCCCCC(=O)NC(CO)C(O)/C=C/CCCCCCCCCCCCCCCCCCC. The van der Waals surface area contributed by atoms with Gasteiger partial charge >= 0.3 is 5.97 Å². The third-order valence-electron chi connectivity index (χ3n) is 17.5. The second-order valence-corrected chi connectivity index (χ2v) is 25.6. The molecule has 0 aliphatic carbocycles. The Morgan fingerprint density at radius 3 is 0.877 bits per heavy atom. The van der Waals surface area contributed by atoms with Crippen LogP contribution in [0.4, 0.5) is 0 Å². The number of aliphatic hydroxyl groups is 2.